The lowest BCUT2D eigenvalue weighted by Gasteiger charge is -2.11. The van der Waals surface area contributed by atoms with E-state index < -0.39 is 11.9 Å². The first-order valence-electron chi connectivity index (χ1n) is 6.63. The van der Waals surface area contributed by atoms with Gasteiger partial charge in [-0.15, -0.1) is 0 Å². The maximum Gasteiger partial charge on any atom is 0.336 e. The number of carboxylic acids is 2. The van der Waals surface area contributed by atoms with Crippen molar-refractivity contribution in [3.05, 3.63) is 57.6 Å². The van der Waals surface area contributed by atoms with Crippen molar-refractivity contribution < 1.29 is 19.8 Å². The molecule has 2 aromatic carbocycles. The van der Waals surface area contributed by atoms with Gasteiger partial charge in [-0.3, -0.25) is 0 Å². The predicted octanol–water partition coefficient (Wildman–Crippen LogP) is 3.27. The number of fused-ring (bicyclic) bond motifs is 3. The summed E-state index contributed by atoms with van der Waals surface area (Å²) < 4.78 is 0. The summed E-state index contributed by atoms with van der Waals surface area (Å²) >= 11 is 0. The number of aromatic carboxylic acids is 2. The predicted molar refractivity (Wildman–Crippen MR) is 78.1 cm³/mol. The number of benzene rings is 2. The maximum atomic E-state index is 11.4. The van der Waals surface area contributed by atoms with Gasteiger partial charge in [0.2, 0.25) is 0 Å². The zero-order valence-electron chi connectivity index (χ0n) is 11.7. The Balaban J connectivity index is 2.26. The molecule has 0 heterocycles. The maximum absolute atomic E-state index is 11.4. The van der Waals surface area contributed by atoms with Gasteiger partial charge in [0.05, 0.1) is 11.1 Å². The Kier molecular flexibility index (Phi) is 2.83. The van der Waals surface area contributed by atoms with Crippen molar-refractivity contribution in [3.63, 3.8) is 0 Å². The first kappa shape index (κ1) is 13.4. The van der Waals surface area contributed by atoms with Gasteiger partial charge < -0.3 is 10.2 Å². The zero-order chi connectivity index (χ0) is 15.3. The van der Waals surface area contributed by atoms with Gasteiger partial charge in [0, 0.05) is 0 Å². The minimum Gasteiger partial charge on any atom is -0.478 e. The third kappa shape index (κ3) is 1.91. The quantitative estimate of drug-likeness (QED) is 0.756. The SMILES string of the molecule is Cc1cc2c(c(C)c1C(=O)O)Cc1ccc(C(=O)O)cc1-2. The molecule has 2 aromatic rings. The third-order valence-corrected chi connectivity index (χ3v) is 4.14. The fourth-order valence-electron chi connectivity index (χ4n) is 3.13. The van der Waals surface area contributed by atoms with Gasteiger partial charge in [0.15, 0.2) is 0 Å². The Morgan fingerprint density at radius 3 is 2.33 bits per heavy atom. The van der Waals surface area contributed by atoms with E-state index in [9.17, 15) is 14.7 Å². The van der Waals surface area contributed by atoms with Crippen LogP contribution < -0.4 is 0 Å². The fourth-order valence-corrected chi connectivity index (χ4v) is 3.13. The summed E-state index contributed by atoms with van der Waals surface area (Å²) in [7, 11) is 0. The molecule has 0 radical (unpaired) electrons. The van der Waals surface area contributed by atoms with Gasteiger partial charge >= 0.3 is 11.9 Å². The van der Waals surface area contributed by atoms with Crippen LogP contribution in [0.2, 0.25) is 0 Å². The summed E-state index contributed by atoms with van der Waals surface area (Å²) in [6.07, 6.45) is 0.650. The standard InChI is InChI=1S/C17H14O4/c1-8-5-14-12(9(2)15(8)17(20)21)6-10-3-4-11(16(18)19)7-13(10)14/h3-5,7H,6H2,1-2H3,(H,18,19)(H,20,21). The van der Waals surface area contributed by atoms with Crippen LogP contribution in [0.5, 0.6) is 0 Å². The number of carbonyl (C=O) groups is 2. The van der Waals surface area contributed by atoms with Gasteiger partial charge in [0.25, 0.3) is 0 Å². The van der Waals surface area contributed by atoms with E-state index in [1.807, 2.05) is 19.1 Å². The highest BCUT2D eigenvalue weighted by atomic mass is 16.4. The summed E-state index contributed by atoms with van der Waals surface area (Å²) in [5.74, 6) is -1.88. The van der Waals surface area contributed by atoms with Crippen molar-refractivity contribution in [1.29, 1.82) is 0 Å². The number of aryl methyl sites for hydroxylation is 1. The highest BCUT2D eigenvalue weighted by molar-refractivity contribution is 5.95. The lowest BCUT2D eigenvalue weighted by Crippen LogP contribution is -2.05. The molecule has 3 rings (SSSR count). The highest BCUT2D eigenvalue weighted by Crippen LogP contribution is 2.40. The molecule has 0 fully saturated rings. The van der Waals surface area contributed by atoms with Crippen LogP contribution in [0.25, 0.3) is 11.1 Å². The molecule has 0 saturated carbocycles. The Bertz CT molecular complexity index is 803. The van der Waals surface area contributed by atoms with Crippen molar-refractivity contribution in [2.75, 3.05) is 0 Å². The molecule has 0 unspecified atom stereocenters. The van der Waals surface area contributed by atoms with Crippen LogP contribution >= 0.6 is 0 Å². The molecule has 0 saturated heterocycles. The van der Waals surface area contributed by atoms with E-state index in [1.54, 1.807) is 19.1 Å². The van der Waals surface area contributed by atoms with E-state index in [0.717, 1.165) is 27.8 Å². The minimum atomic E-state index is -0.957. The zero-order valence-corrected chi connectivity index (χ0v) is 11.7. The molecule has 106 valence electrons. The largest absolute Gasteiger partial charge is 0.478 e. The second kappa shape index (κ2) is 4.45. The Morgan fingerprint density at radius 2 is 1.71 bits per heavy atom. The lowest BCUT2D eigenvalue weighted by atomic mass is 9.93. The van der Waals surface area contributed by atoms with Crippen molar-refractivity contribution in [2.24, 2.45) is 0 Å². The fraction of sp³-hybridized carbons (Fsp3) is 0.176. The second-order valence-electron chi connectivity index (χ2n) is 5.38. The highest BCUT2D eigenvalue weighted by Gasteiger charge is 2.25. The molecular formula is C17H14O4. The molecule has 0 bridgehead atoms. The van der Waals surface area contributed by atoms with Crippen LogP contribution in [-0.2, 0) is 6.42 Å². The van der Waals surface area contributed by atoms with Crippen LogP contribution in [0.15, 0.2) is 24.3 Å². The number of carboxylic acid groups (broad SMARTS) is 2. The topological polar surface area (TPSA) is 74.6 Å². The number of hydrogen-bond donors (Lipinski definition) is 2. The van der Waals surface area contributed by atoms with Crippen molar-refractivity contribution in [2.45, 2.75) is 20.3 Å². The molecule has 2 N–H and O–H groups in total. The molecule has 1 aliphatic rings. The first-order chi connectivity index (χ1) is 9.90. The summed E-state index contributed by atoms with van der Waals surface area (Å²) in [6.45, 7) is 3.59. The Morgan fingerprint density at radius 1 is 1.00 bits per heavy atom. The molecule has 0 aromatic heterocycles. The van der Waals surface area contributed by atoms with Gasteiger partial charge in [-0.05, 0) is 65.8 Å². The molecule has 1 aliphatic carbocycles. The van der Waals surface area contributed by atoms with E-state index in [2.05, 4.69) is 0 Å². The van der Waals surface area contributed by atoms with Gasteiger partial charge in [-0.1, -0.05) is 12.1 Å². The lowest BCUT2D eigenvalue weighted by molar-refractivity contribution is 0.0685. The van der Waals surface area contributed by atoms with Crippen molar-refractivity contribution >= 4 is 11.9 Å². The second-order valence-corrected chi connectivity index (χ2v) is 5.38. The molecule has 0 amide bonds. The average molecular weight is 282 g/mol. The Labute approximate surface area is 121 Å². The van der Waals surface area contributed by atoms with Crippen LogP contribution in [0.1, 0.15) is 43.0 Å². The average Bonchev–Trinajstić information content (AvgIpc) is 2.76. The molecular weight excluding hydrogens is 268 g/mol. The molecule has 0 atom stereocenters. The third-order valence-electron chi connectivity index (χ3n) is 4.14. The normalized spacial score (nSPS) is 11.9. The summed E-state index contributed by atoms with van der Waals surface area (Å²) in [6, 6.07) is 6.92. The summed E-state index contributed by atoms with van der Waals surface area (Å²) in [5, 5.41) is 18.4. The smallest absolute Gasteiger partial charge is 0.336 e. The van der Waals surface area contributed by atoms with Crippen molar-refractivity contribution in [1.82, 2.24) is 0 Å². The minimum absolute atomic E-state index is 0.249. The monoisotopic (exact) mass is 282 g/mol. The number of hydrogen-bond acceptors (Lipinski definition) is 2. The van der Waals surface area contributed by atoms with Crippen LogP contribution in [0, 0.1) is 13.8 Å². The molecule has 4 heteroatoms. The van der Waals surface area contributed by atoms with Gasteiger partial charge in [-0.25, -0.2) is 9.59 Å². The van der Waals surface area contributed by atoms with E-state index >= 15 is 0 Å². The van der Waals surface area contributed by atoms with E-state index in [0.29, 0.717) is 17.5 Å². The van der Waals surface area contributed by atoms with Gasteiger partial charge in [-0.2, -0.15) is 0 Å². The number of rotatable bonds is 2. The first-order valence-corrected chi connectivity index (χ1v) is 6.63. The van der Waals surface area contributed by atoms with Crippen LogP contribution in [0.3, 0.4) is 0 Å². The Hall–Kier alpha value is -2.62. The summed E-state index contributed by atoms with van der Waals surface area (Å²) in [4.78, 5) is 22.5. The molecule has 4 nitrogen and oxygen atoms in total. The molecule has 0 spiro atoms. The molecule has 21 heavy (non-hydrogen) atoms. The van der Waals surface area contributed by atoms with Gasteiger partial charge in [0.1, 0.15) is 0 Å². The van der Waals surface area contributed by atoms with E-state index in [1.165, 1.54) is 0 Å². The molecule has 0 aliphatic heterocycles. The van der Waals surface area contributed by atoms with Crippen LogP contribution in [0.4, 0.5) is 0 Å². The van der Waals surface area contributed by atoms with E-state index in [-0.39, 0.29) is 5.56 Å². The van der Waals surface area contributed by atoms with E-state index in [4.69, 9.17) is 5.11 Å². The van der Waals surface area contributed by atoms with Crippen molar-refractivity contribution in [3.8, 4) is 11.1 Å². The van der Waals surface area contributed by atoms with Crippen LogP contribution in [-0.4, -0.2) is 22.2 Å². The summed E-state index contributed by atoms with van der Waals surface area (Å²) in [5.41, 5.74) is 5.94.